The van der Waals surface area contributed by atoms with Crippen LogP contribution in [0.25, 0.3) is 22.6 Å². The first kappa shape index (κ1) is 15.5. The molecule has 0 N–H and O–H groups in total. The number of aromatic nitrogens is 2. The third kappa shape index (κ3) is 2.47. The molecule has 2 aliphatic rings. The lowest BCUT2D eigenvalue weighted by Crippen LogP contribution is -2.20. The molecule has 0 fully saturated rings. The van der Waals surface area contributed by atoms with Crippen LogP contribution in [0.4, 0.5) is 0 Å². The van der Waals surface area contributed by atoms with Crippen LogP contribution in [0.5, 0.6) is 11.5 Å². The summed E-state index contributed by atoms with van der Waals surface area (Å²) >= 11 is 6.03. The van der Waals surface area contributed by atoms with Gasteiger partial charge in [-0.05, 0) is 54.0 Å². The highest BCUT2D eigenvalue weighted by molar-refractivity contribution is 6.31. The summed E-state index contributed by atoms with van der Waals surface area (Å²) in [6.07, 6.45) is 2.83. The molecule has 3 aromatic rings. The fourth-order valence-electron chi connectivity index (χ4n) is 3.48. The lowest BCUT2D eigenvalue weighted by Gasteiger charge is -2.18. The van der Waals surface area contributed by atoms with E-state index in [1.165, 1.54) is 0 Å². The molecule has 0 unspecified atom stereocenters. The Morgan fingerprint density at radius 2 is 1.92 bits per heavy atom. The van der Waals surface area contributed by atoms with Crippen LogP contribution < -0.4 is 15.0 Å². The summed E-state index contributed by atoms with van der Waals surface area (Å²) in [6, 6.07) is 11.1. The van der Waals surface area contributed by atoms with Crippen LogP contribution in [0.2, 0.25) is 5.02 Å². The molecule has 5 rings (SSSR count). The van der Waals surface area contributed by atoms with E-state index in [1.54, 1.807) is 22.8 Å². The normalized spacial score (nSPS) is 16.9. The quantitative estimate of drug-likeness (QED) is 0.658. The van der Waals surface area contributed by atoms with Gasteiger partial charge in [0.25, 0.3) is 5.56 Å². The Morgan fingerprint density at radius 1 is 1.08 bits per heavy atom. The number of hydrogen-bond acceptors (Lipinski definition) is 4. The van der Waals surface area contributed by atoms with Crippen molar-refractivity contribution in [2.45, 2.75) is 13.0 Å². The molecule has 26 heavy (non-hydrogen) atoms. The summed E-state index contributed by atoms with van der Waals surface area (Å²) in [4.78, 5) is 17.5. The zero-order chi connectivity index (χ0) is 17.7. The van der Waals surface area contributed by atoms with Crippen molar-refractivity contribution in [3.05, 3.63) is 63.2 Å². The zero-order valence-electron chi connectivity index (χ0n) is 13.9. The third-order valence-corrected chi connectivity index (χ3v) is 4.95. The van der Waals surface area contributed by atoms with E-state index in [-0.39, 0.29) is 5.56 Å². The van der Waals surface area contributed by atoms with E-state index >= 15 is 0 Å². The summed E-state index contributed by atoms with van der Waals surface area (Å²) in [5.74, 6) is 2.24. The summed E-state index contributed by atoms with van der Waals surface area (Å²) in [5, 5.41) is 1.10. The molecule has 0 aliphatic carbocycles. The van der Waals surface area contributed by atoms with Crippen molar-refractivity contribution in [2.75, 3.05) is 13.2 Å². The maximum Gasteiger partial charge on any atom is 0.261 e. The number of benzene rings is 2. The minimum absolute atomic E-state index is 0.0434. The van der Waals surface area contributed by atoms with Gasteiger partial charge in [-0.3, -0.25) is 9.36 Å². The van der Waals surface area contributed by atoms with Crippen LogP contribution in [0, 0.1) is 0 Å². The molecule has 0 radical (unpaired) electrons. The number of rotatable bonds is 1. The Kier molecular flexibility index (Phi) is 3.50. The predicted molar refractivity (Wildman–Crippen MR) is 101 cm³/mol. The molecule has 6 heteroatoms. The van der Waals surface area contributed by atoms with Gasteiger partial charge in [0, 0.05) is 11.6 Å². The first-order chi connectivity index (χ1) is 12.7. The second-order valence-electron chi connectivity index (χ2n) is 6.38. The summed E-state index contributed by atoms with van der Waals surface area (Å²) in [5.41, 5.74) is 2.66. The molecule has 2 aromatic carbocycles. The van der Waals surface area contributed by atoms with Crippen LogP contribution >= 0.6 is 11.6 Å². The van der Waals surface area contributed by atoms with E-state index < -0.39 is 0 Å². The molecule has 0 spiro atoms. The molecule has 0 amide bonds. The van der Waals surface area contributed by atoms with E-state index in [0.29, 0.717) is 35.7 Å². The van der Waals surface area contributed by atoms with Gasteiger partial charge in [-0.25, -0.2) is 4.98 Å². The number of ether oxygens (including phenoxy) is 2. The van der Waals surface area contributed by atoms with Gasteiger partial charge >= 0.3 is 0 Å². The minimum atomic E-state index is -0.0434. The molecular weight excluding hydrogens is 352 g/mol. The van der Waals surface area contributed by atoms with E-state index in [2.05, 4.69) is 6.08 Å². The minimum Gasteiger partial charge on any atom is -0.486 e. The standard InChI is InChI=1S/C20H15ClN2O3/c21-14-2-3-16-15(11-14)20(24)23-6-5-13(19(23)22-16)9-12-1-4-17-18(10-12)26-8-7-25-17/h1-4,9-11H,5-8H2/b13-9+. The van der Waals surface area contributed by atoms with E-state index in [1.807, 2.05) is 18.2 Å². The van der Waals surface area contributed by atoms with Crippen LogP contribution in [0.15, 0.2) is 41.2 Å². The molecule has 0 bridgehead atoms. The van der Waals surface area contributed by atoms with Crippen molar-refractivity contribution in [1.29, 1.82) is 0 Å². The molecule has 1 aromatic heterocycles. The van der Waals surface area contributed by atoms with Gasteiger partial charge < -0.3 is 9.47 Å². The number of halogens is 1. The molecule has 3 heterocycles. The van der Waals surface area contributed by atoms with Gasteiger partial charge in [0.05, 0.1) is 10.9 Å². The lowest BCUT2D eigenvalue weighted by molar-refractivity contribution is 0.171. The molecule has 0 atom stereocenters. The molecule has 0 saturated heterocycles. The third-order valence-electron chi connectivity index (χ3n) is 4.72. The zero-order valence-corrected chi connectivity index (χ0v) is 14.6. The Hall–Kier alpha value is -2.79. The summed E-state index contributed by atoms with van der Waals surface area (Å²) in [7, 11) is 0. The highest BCUT2D eigenvalue weighted by Crippen LogP contribution is 2.33. The second kappa shape index (κ2) is 5.88. The lowest BCUT2D eigenvalue weighted by atomic mass is 10.1. The van der Waals surface area contributed by atoms with Crippen LogP contribution in [-0.4, -0.2) is 22.8 Å². The van der Waals surface area contributed by atoms with Crippen LogP contribution in [0.3, 0.4) is 0 Å². The Bertz CT molecular complexity index is 1130. The highest BCUT2D eigenvalue weighted by Gasteiger charge is 2.21. The van der Waals surface area contributed by atoms with Crippen molar-refractivity contribution in [3.63, 3.8) is 0 Å². The summed E-state index contributed by atoms with van der Waals surface area (Å²) < 4.78 is 12.9. The predicted octanol–water partition coefficient (Wildman–Crippen LogP) is 3.77. The fraction of sp³-hybridized carbons (Fsp3) is 0.200. The maximum absolute atomic E-state index is 12.8. The molecule has 130 valence electrons. The van der Waals surface area contributed by atoms with Crippen molar-refractivity contribution < 1.29 is 9.47 Å². The Balaban J connectivity index is 1.61. The topological polar surface area (TPSA) is 53.4 Å². The molecule has 5 nitrogen and oxygen atoms in total. The SMILES string of the molecule is O=c1c2cc(Cl)ccc2nc2n1CC/C2=C\c1ccc2c(c1)OCCO2. The van der Waals surface area contributed by atoms with Crippen molar-refractivity contribution in [3.8, 4) is 11.5 Å². The number of nitrogens with zero attached hydrogens (tertiary/aromatic N) is 2. The maximum atomic E-state index is 12.8. The van der Waals surface area contributed by atoms with Crippen LogP contribution in [0.1, 0.15) is 17.8 Å². The number of hydrogen-bond donors (Lipinski definition) is 0. The largest absolute Gasteiger partial charge is 0.486 e. The van der Waals surface area contributed by atoms with Crippen LogP contribution in [-0.2, 0) is 6.54 Å². The van der Waals surface area contributed by atoms with Gasteiger partial charge in [0.2, 0.25) is 0 Å². The van der Waals surface area contributed by atoms with Gasteiger partial charge in [-0.15, -0.1) is 0 Å². The van der Waals surface area contributed by atoms with Gasteiger partial charge in [-0.2, -0.15) is 0 Å². The van der Waals surface area contributed by atoms with E-state index in [0.717, 1.165) is 34.9 Å². The van der Waals surface area contributed by atoms with Gasteiger partial charge in [0.15, 0.2) is 11.5 Å². The Morgan fingerprint density at radius 3 is 2.81 bits per heavy atom. The number of fused-ring (bicyclic) bond motifs is 3. The fourth-order valence-corrected chi connectivity index (χ4v) is 3.65. The van der Waals surface area contributed by atoms with Crippen molar-refractivity contribution in [2.24, 2.45) is 0 Å². The first-order valence-electron chi connectivity index (χ1n) is 8.50. The van der Waals surface area contributed by atoms with Gasteiger partial charge in [-0.1, -0.05) is 17.7 Å². The summed E-state index contributed by atoms with van der Waals surface area (Å²) in [6.45, 7) is 1.76. The van der Waals surface area contributed by atoms with Crippen molar-refractivity contribution >= 4 is 34.2 Å². The highest BCUT2D eigenvalue weighted by atomic mass is 35.5. The first-order valence-corrected chi connectivity index (χ1v) is 8.87. The smallest absolute Gasteiger partial charge is 0.261 e. The van der Waals surface area contributed by atoms with E-state index in [9.17, 15) is 4.79 Å². The van der Waals surface area contributed by atoms with E-state index in [4.69, 9.17) is 26.1 Å². The monoisotopic (exact) mass is 366 g/mol. The molecule has 0 saturated carbocycles. The number of allylic oxidation sites excluding steroid dienone is 1. The molecule has 2 aliphatic heterocycles. The second-order valence-corrected chi connectivity index (χ2v) is 6.81. The van der Waals surface area contributed by atoms with Crippen molar-refractivity contribution in [1.82, 2.24) is 9.55 Å². The molecular formula is C20H15ClN2O3. The Labute approximate surface area is 154 Å². The average molecular weight is 367 g/mol. The van der Waals surface area contributed by atoms with Gasteiger partial charge in [0.1, 0.15) is 19.0 Å². The average Bonchev–Trinajstić information content (AvgIpc) is 3.05.